The average Bonchev–Trinajstić information content (AvgIpc) is 3.13. The molecule has 3 N–H and O–H groups in total. The van der Waals surface area contributed by atoms with Crippen LogP contribution in [0, 0.1) is 0 Å². The highest BCUT2D eigenvalue weighted by Crippen LogP contribution is 2.14. The number of thioether (sulfide) groups is 1. The van der Waals surface area contributed by atoms with E-state index in [9.17, 15) is 14.4 Å². The normalized spacial score (nSPS) is 14.5. The van der Waals surface area contributed by atoms with Crippen LogP contribution in [0.5, 0.6) is 0 Å². The number of carbonyl (C=O) groups is 3. The van der Waals surface area contributed by atoms with Gasteiger partial charge < -0.3 is 15.8 Å². The van der Waals surface area contributed by atoms with Crippen LogP contribution in [0.3, 0.4) is 0 Å². The second kappa shape index (κ2) is 9.81. The van der Waals surface area contributed by atoms with Gasteiger partial charge in [0.05, 0.1) is 12.3 Å². The molecular weight excluding hydrogens is 356 g/mol. The quantitative estimate of drug-likeness (QED) is 0.654. The zero-order valence-corrected chi connectivity index (χ0v) is 15.3. The van der Waals surface area contributed by atoms with E-state index in [0.717, 1.165) is 11.3 Å². The molecule has 0 fully saturated rings. The van der Waals surface area contributed by atoms with Gasteiger partial charge >= 0.3 is 12.0 Å². The Hall–Kier alpha value is -2.55. The number of nitrogens with one attached hydrogen (secondary N) is 1. The van der Waals surface area contributed by atoms with Crippen LogP contribution in [-0.4, -0.2) is 59.8 Å². The lowest BCUT2D eigenvalue weighted by atomic mass is 10.1. The Balaban J connectivity index is 1.88. The van der Waals surface area contributed by atoms with E-state index in [1.165, 1.54) is 16.8 Å². The highest BCUT2D eigenvalue weighted by Gasteiger charge is 2.25. The minimum Gasteiger partial charge on any atom is -0.454 e. The summed E-state index contributed by atoms with van der Waals surface area (Å²) in [5.41, 5.74) is 6.85. The maximum atomic E-state index is 12.2. The summed E-state index contributed by atoms with van der Waals surface area (Å²) in [4.78, 5) is 35.3. The highest BCUT2D eigenvalue weighted by atomic mass is 32.2. The van der Waals surface area contributed by atoms with Crippen molar-refractivity contribution in [3.8, 4) is 0 Å². The number of primary amides is 1. The maximum absolute atomic E-state index is 12.2. The molecule has 1 atom stereocenters. The van der Waals surface area contributed by atoms with E-state index >= 15 is 0 Å². The Labute approximate surface area is 156 Å². The molecule has 1 aromatic rings. The lowest BCUT2D eigenvalue weighted by molar-refractivity contribution is -0.153. The fourth-order valence-electron chi connectivity index (χ4n) is 2.43. The summed E-state index contributed by atoms with van der Waals surface area (Å²) in [6, 6.07) is 7.91. The molecular formula is C17H22N4O4S. The van der Waals surface area contributed by atoms with Crippen LogP contribution in [0.15, 0.2) is 35.4 Å². The van der Waals surface area contributed by atoms with Crippen molar-refractivity contribution >= 4 is 35.4 Å². The van der Waals surface area contributed by atoms with Gasteiger partial charge in [-0.05, 0) is 24.0 Å². The van der Waals surface area contributed by atoms with Crippen molar-refractivity contribution in [3.05, 3.63) is 35.9 Å². The van der Waals surface area contributed by atoms with Crippen molar-refractivity contribution in [3.63, 3.8) is 0 Å². The number of ether oxygens (including phenoxy) is 1. The van der Waals surface area contributed by atoms with Gasteiger partial charge in [-0.15, -0.1) is 0 Å². The summed E-state index contributed by atoms with van der Waals surface area (Å²) < 4.78 is 5.04. The predicted octanol–water partition coefficient (Wildman–Crippen LogP) is 0.956. The number of hydrogen-bond donors (Lipinski definition) is 2. The SMILES string of the molecule is CSCC[C@H](NC(N)=O)C(=O)OCC(=O)N1CCC(c2ccccc2)=N1. The molecule has 8 nitrogen and oxygen atoms in total. The van der Waals surface area contributed by atoms with Gasteiger partial charge in [-0.1, -0.05) is 30.3 Å². The van der Waals surface area contributed by atoms with Crippen LogP contribution in [0.2, 0.25) is 0 Å². The molecule has 0 aromatic heterocycles. The average molecular weight is 378 g/mol. The Morgan fingerprint density at radius 3 is 2.73 bits per heavy atom. The van der Waals surface area contributed by atoms with Crippen molar-refractivity contribution in [2.75, 3.05) is 25.2 Å². The second-order valence-electron chi connectivity index (χ2n) is 5.63. The van der Waals surface area contributed by atoms with Gasteiger partial charge in [-0.3, -0.25) is 4.79 Å². The molecule has 1 heterocycles. The van der Waals surface area contributed by atoms with E-state index in [0.29, 0.717) is 25.1 Å². The monoisotopic (exact) mass is 378 g/mol. The number of esters is 1. The highest BCUT2D eigenvalue weighted by molar-refractivity contribution is 7.98. The summed E-state index contributed by atoms with van der Waals surface area (Å²) >= 11 is 1.52. The first-order chi connectivity index (χ1) is 12.5. The van der Waals surface area contributed by atoms with Gasteiger partial charge in [0.15, 0.2) is 6.61 Å². The molecule has 0 saturated carbocycles. The number of rotatable bonds is 8. The molecule has 9 heteroatoms. The Morgan fingerprint density at radius 1 is 1.35 bits per heavy atom. The smallest absolute Gasteiger partial charge is 0.329 e. The number of benzene rings is 1. The first kappa shape index (κ1) is 19.8. The number of nitrogens with zero attached hydrogens (tertiary/aromatic N) is 2. The van der Waals surface area contributed by atoms with Crippen LogP contribution in [0.25, 0.3) is 0 Å². The molecule has 3 amide bonds. The Kier molecular flexibility index (Phi) is 7.46. The second-order valence-corrected chi connectivity index (χ2v) is 6.62. The summed E-state index contributed by atoms with van der Waals surface area (Å²) in [6.45, 7) is 0.0106. The van der Waals surface area contributed by atoms with Gasteiger partial charge in [0.1, 0.15) is 6.04 Å². The van der Waals surface area contributed by atoms with Crippen molar-refractivity contribution in [2.45, 2.75) is 18.9 Å². The first-order valence-electron chi connectivity index (χ1n) is 8.16. The van der Waals surface area contributed by atoms with Crippen molar-refractivity contribution in [1.82, 2.24) is 10.3 Å². The minimum absolute atomic E-state index is 0.372. The molecule has 0 saturated heterocycles. The molecule has 1 aromatic carbocycles. The topological polar surface area (TPSA) is 114 Å². The largest absolute Gasteiger partial charge is 0.454 e. The van der Waals surface area contributed by atoms with E-state index in [1.54, 1.807) is 0 Å². The van der Waals surface area contributed by atoms with E-state index in [-0.39, 0.29) is 0 Å². The standard InChI is InChI=1S/C17H22N4O4S/c1-26-10-8-14(19-17(18)24)16(23)25-11-15(22)21-9-7-13(20-21)12-5-3-2-4-6-12/h2-6,14H,7-11H2,1H3,(H3,18,19,24)/t14-/m0/s1. The maximum Gasteiger partial charge on any atom is 0.329 e. The zero-order chi connectivity index (χ0) is 18.9. The predicted molar refractivity (Wildman–Crippen MR) is 99.8 cm³/mol. The molecule has 0 spiro atoms. The fourth-order valence-corrected chi connectivity index (χ4v) is 2.91. The molecule has 140 valence electrons. The van der Waals surface area contributed by atoms with Crippen molar-refractivity contribution in [1.29, 1.82) is 0 Å². The molecule has 0 radical (unpaired) electrons. The van der Waals surface area contributed by atoms with Gasteiger partial charge in [-0.2, -0.15) is 16.9 Å². The van der Waals surface area contributed by atoms with Crippen molar-refractivity contribution in [2.24, 2.45) is 10.8 Å². The first-order valence-corrected chi connectivity index (χ1v) is 9.55. The van der Waals surface area contributed by atoms with Crippen LogP contribution >= 0.6 is 11.8 Å². The lowest BCUT2D eigenvalue weighted by Gasteiger charge is -2.17. The molecule has 1 aliphatic rings. The number of amides is 3. The summed E-state index contributed by atoms with van der Waals surface area (Å²) in [6.07, 6.45) is 2.90. The van der Waals surface area contributed by atoms with Gasteiger partial charge in [0.25, 0.3) is 5.91 Å². The Bertz CT molecular complexity index is 681. The lowest BCUT2D eigenvalue weighted by Crippen LogP contribution is -2.45. The molecule has 1 aliphatic heterocycles. The Morgan fingerprint density at radius 2 is 2.08 bits per heavy atom. The van der Waals surface area contributed by atoms with E-state index in [1.807, 2.05) is 36.6 Å². The third kappa shape index (κ3) is 5.76. The number of carbonyl (C=O) groups excluding carboxylic acids is 3. The minimum atomic E-state index is -0.866. The number of hydrazone groups is 1. The van der Waals surface area contributed by atoms with E-state index < -0.39 is 30.6 Å². The van der Waals surface area contributed by atoms with Crippen LogP contribution in [0.1, 0.15) is 18.4 Å². The number of urea groups is 1. The van der Waals surface area contributed by atoms with E-state index in [2.05, 4.69) is 10.4 Å². The fraction of sp³-hybridized carbons (Fsp3) is 0.412. The third-order valence-corrected chi connectivity index (χ3v) is 4.39. The summed E-state index contributed by atoms with van der Waals surface area (Å²) in [5.74, 6) is -0.449. The molecule has 2 rings (SSSR count). The third-order valence-electron chi connectivity index (χ3n) is 3.75. The zero-order valence-electron chi connectivity index (χ0n) is 14.5. The van der Waals surface area contributed by atoms with Crippen molar-refractivity contribution < 1.29 is 19.1 Å². The summed E-state index contributed by atoms with van der Waals surface area (Å²) in [7, 11) is 0. The molecule has 0 aliphatic carbocycles. The van der Waals surface area contributed by atoms with Crippen LogP contribution < -0.4 is 11.1 Å². The summed E-state index contributed by atoms with van der Waals surface area (Å²) in [5, 5.41) is 7.93. The number of hydrogen-bond acceptors (Lipinski definition) is 6. The van der Waals surface area contributed by atoms with E-state index in [4.69, 9.17) is 10.5 Å². The van der Waals surface area contributed by atoms with Crippen LogP contribution in [-0.2, 0) is 14.3 Å². The van der Waals surface area contributed by atoms with Gasteiger partial charge in [-0.25, -0.2) is 14.6 Å². The molecule has 0 bridgehead atoms. The van der Waals surface area contributed by atoms with Crippen LogP contribution in [0.4, 0.5) is 4.79 Å². The molecule has 26 heavy (non-hydrogen) atoms. The van der Waals surface area contributed by atoms with Gasteiger partial charge in [0, 0.05) is 6.42 Å². The molecule has 0 unspecified atom stereocenters. The van der Waals surface area contributed by atoms with Gasteiger partial charge in [0.2, 0.25) is 0 Å². The number of nitrogens with two attached hydrogens (primary N) is 1.